The normalized spacial score (nSPS) is 10.8. The molecule has 24 heavy (non-hydrogen) atoms. The lowest BCUT2D eigenvalue weighted by atomic mass is 10.3. The van der Waals surface area contributed by atoms with E-state index in [1.54, 1.807) is 41.7 Å². The molecule has 0 atom stereocenters. The Balaban J connectivity index is 1.55. The Bertz CT molecular complexity index is 816. The van der Waals surface area contributed by atoms with Gasteiger partial charge >= 0.3 is 0 Å². The highest BCUT2D eigenvalue weighted by atomic mass is 32.2. The summed E-state index contributed by atoms with van der Waals surface area (Å²) >= 11 is 2.90. The molecule has 0 fully saturated rings. The largest absolute Gasteiger partial charge is 0.411 e. The Kier molecular flexibility index (Phi) is 5.27. The van der Waals surface area contributed by atoms with Gasteiger partial charge in [-0.25, -0.2) is 0 Å². The topological polar surface area (TPSA) is 72.1 Å². The molecular formula is C16H16N4O2S2. The lowest BCUT2D eigenvalue weighted by Crippen LogP contribution is -2.27. The molecule has 0 aliphatic carbocycles. The van der Waals surface area contributed by atoms with E-state index in [1.165, 1.54) is 22.2 Å². The van der Waals surface area contributed by atoms with E-state index in [0.717, 1.165) is 5.56 Å². The number of thioether (sulfide) groups is 1. The molecule has 3 rings (SSSR count). The Morgan fingerprint density at radius 3 is 2.96 bits per heavy atom. The van der Waals surface area contributed by atoms with Crippen molar-refractivity contribution in [1.82, 2.24) is 20.1 Å². The molecule has 3 aromatic heterocycles. The van der Waals surface area contributed by atoms with Crippen LogP contribution in [0.3, 0.4) is 0 Å². The molecule has 0 aliphatic rings. The zero-order chi connectivity index (χ0) is 16.9. The maximum Gasteiger partial charge on any atom is 0.277 e. The van der Waals surface area contributed by atoms with E-state index in [1.807, 2.05) is 11.4 Å². The number of carbonyl (C=O) groups excluding carboxylic acids is 1. The van der Waals surface area contributed by atoms with Crippen LogP contribution in [0.4, 0.5) is 0 Å². The fraction of sp³-hybridized carbons (Fsp3) is 0.250. The highest BCUT2D eigenvalue weighted by molar-refractivity contribution is 7.99. The van der Waals surface area contributed by atoms with Gasteiger partial charge in [-0.15, -0.1) is 21.5 Å². The van der Waals surface area contributed by atoms with Crippen LogP contribution >= 0.6 is 23.1 Å². The second-order valence-corrected chi connectivity index (χ2v) is 7.11. The number of hydrogen-bond donors (Lipinski definition) is 0. The summed E-state index contributed by atoms with van der Waals surface area (Å²) in [6, 6.07) is 5.71. The Morgan fingerprint density at radius 1 is 1.38 bits per heavy atom. The van der Waals surface area contributed by atoms with Gasteiger partial charge in [-0.3, -0.25) is 9.78 Å². The number of aromatic nitrogens is 3. The summed E-state index contributed by atoms with van der Waals surface area (Å²) in [4.78, 5) is 19.2. The van der Waals surface area contributed by atoms with Crippen LogP contribution in [0.5, 0.6) is 0 Å². The van der Waals surface area contributed by atoms with Crippen molar-refractivity contribution in [3.63, 3.8) is 0 Å². The quantitative estimate of drug-likeness (QED) is 0.628. The Hall–Kier alpha value is -2.19. The van der Waals surface area contributed by atoms with Gasteiger partial charge in [-0.2, -0.15) is 0 Å². The van der Waals surface area contributed by atoms with Crippen LogP contribution in [-0.2, 0) is 11.3 Å². The second kappa shape index (κ2) is 7.59. The lowest BCUT2D eigenvalue weighted by molar-refractivity contribution is -0.127. The van der Waals surface area contributed by atoms with Crippen molar-refractivity contribution in [2.24, 2.45) is 0 Å². The highest BCUT2D eigenvalue weighted by Gasteiger charge is 2.15. The Morgan fingerprint density at radius 2 is 2.25 bits per heavy atom. The smallest absolute Gasteiger partial charge is 0.277 e. The van der Waals surface area contributed by atoms with E-state index < -0.39 is 0 Å². The van der Waals surface area contributed by atoms with Crippen molar-refractivity contribution in [3.05, 3.63) is 46.4 Å². The molecule has 3 heterocycles. The van der Waals surface area contributed by atoms with Crippen molar-refractivity contribution in [1.29, 1.82) is 0 Å². The maximum atomic E-state index is 12.2. The molecule has 0 aliphatic heterocycles. The number of amides is 1. The molecule has 3 aromatic rings. The van der Waals surface area contributed by atoms with Crippen LogP contribution in [0.2, 0.25) is 0 Å². The highest BCUT2D eigenvalue weighted by Crippen LogP contribution is 2.23. The zero-order valence-corrected chi connectivity index (χ0v) is 14.9. The van der Waals surface area contributed by atoms with Crippen molar-refractivity contribution in [2.75, 3.05) is 12.8 Å². The first-order valence-electron chi connectivity index (χ1n) is 7.27. The maximum absolute atomic E-state index is 12.2. The predicted octanol–water partition coefficient (Wildman–Crippen LogP) is 3.25. The summed E-state index contributed by atoms with van der Waals surface area (Å²) in [6.45, 7) is 2.67. The van der Waals surface area contributed by atoms with Gasteiger partial charge < -0.3 is 9.32 Å². The number of carbonyl (C=O) groups is 1. The number of thiophene rings is 1. The van der Waals surface area contributed by atoms with E-state index in [-0.39, 0.29) is 11.7 Å². The molecular weight excluding hydrogens is 344 g/mol. The summed E-state index contributed by atoms with van der Waals surface area (Å²) in [5.41, 5.74) is 1.97. The van der Waals surface area contributed by atoms with E-state index in [9.17, 15) is 4.79 Å². The lowest BCUT2D eigenvalue weighted by Gasteiger charge is -2.16. The van der Waals surface area contributed by atoms with Gasteiger partial charge in [0.1, 0.15) is 0 Å². The molecule has 0 spiro atoms. The fourth-order valence-corrected chi connectivity index (χ4v) is 3.64. The van der Waals surface area contributed by atoms with Crippen molar-refractivity contribution < 1.29 is 9.21 Å². The predicted molar refractivity (Wildman–Crippen MR) is 93.8 cm³/mol. The SMILES string of the molecule is Cc1ccsc1CN(C)C(=O)CSc1nnc(-c2cccnc2)o1. The summed E-state index contributed by atoms with van der Waals surface area (Å²) in [5.74, 6) is 0.685. The average Bonchev–Trinajstić information content (AvgIpc) is 3.23. The first kappa shape index (κ1) is 16.7. The fourth-order valence-electron chi connectivity index (χ4n) is 1.98. The molecule has 0 saturated carbocycles. The Labute approximate surface area is 147 Å². The number of hydrogen-bond acceptors (Lipinski definition) is 7. The third kappa shape index (κ3) is 4.01. The minimum Gasteiger partial charge on any atom is -0.411 e. The van der Waals surface area contributed by atoms with Gasteiger partial charge in [0.2, 0.25) is 11.8 Å². The third-order valence-corrected chi connectivity index (χ3v) is 5.22. The molecule has 0 N–H and O–H groups in total. The van der Waals surface area contributed by atoms with Crippen molar-refractivity contribution in [3.8, 4) is 11.5 Å². The van der Waals surface area contributed by atoms with Crippen LogP contribution in [-0.4, -0.2) is 38.8 Å². The number of rotatable bonds is 6. The van der Waals surface area contributed by atoms with Gasteiger partial charge in [0, 0.05) is 24.3 Å². The van der Waals surface area contributed by atoms with E-state index in [2.05, 4.69) is 28.2 Å². The minimum absolute atomic E-state index is 0.0222. The molecule has 1 amide bonds. The zero-order valence-electron chi connectivity index (χ0n) is 13.3. The molecule has 0 bridgehead atoms. The van der Waals surface area contributed by atoms with Crippen LogP contribution in [0.25, 0.3) is 11.5 Å². The number of pyridine rings is 1. The molecule has 0 aromatic carbocycles. The van der Waals surface area contributed by atoms with Gasteiger partial charge in [0.25, 0.3) is 5.22 Å². The molecule has 0 unspecified atom stereocenters. The second-order valence-electron chi connectivity index (χ2n) is 5.18. The molecule has 8 heteroatoms. The summed E-state index contributed by atoms with van der Waals surface area (Å²) in [6.07, 6.45) is 3.34. The molecule has 124 valence electrons. The van der Waals surface area contributed by atoms with E-state index in [0.29, 0.717) is 17.7 Å². The van der Waals surface area contributed by atoms with Gasteiger partial charge in [-0.1, -0.05) is 11.8 Å². The van der Waals surface area contributed by atoms with Gasteiger partial charge in [0.05, 0.1) is 17.9 Å². The van der Waals surface area contributed by atoms with Gasteiger partial charge in [0.15, 0.2) is 0 Å². The van der Waals surface area contributed by atoms with Crippen molar-refractivity contribution in [2.45, 2.75) is 18.7 Å². The van der Waals surface area contributed by atoms with Crippen molar-refractivity contribution >= 4 is 29.0 Å². The molecule has 0 saturated heterocycles. The van der Waals surface area contributed by atoms with Gasteiger partial charge in [-0.05, 0) is 36.1 Å². The third-order valence-electron chi connectivity index (χ3n) is 3.41. The van der Waals surface area contributed by atoms with Crippen LogP contribution in [0.1, 0.15) is 10.4 Å². The molecule has 0 radical (unpaired) electrons. The van der Waals surface area contributed by atoms with E-state index >= 15 is 0 Å². The average molecular weight is 360 g/mol. The van der Waals surface area contributed by atoms with Crippen LogP contribution < -0.4 is 0 Å². The van der Waals surface area contributed by atoms with Crippen LogP contribution in [0, 0.1) is 6.92 Å². The monoisotopic (exact) mass is 360 g/mol. The number of nitrogens with zero attached hydrogens (tertiary/aromatic N) is 4. The van der Waals surface area contributed by atoms with Crippen LogP contribution in [0.15, 0.2) is 45.6 Å². The standard InChI is InChI=1S/C16H16N4O2S2/c1-11-5-7-23-13(11)9-20(2)14(21)10-24-16-19-18-15(22-16)12-4-3-6-17-8-12/h3-8H,9-10H2,1-2H3. The summed E-state index contributed by atoms with van der Waals surface area (Å²) < 4.78 is 5.56. The van der Waals surface area contributed by atoms with E-state index in [4.69, 9.17) is 4.42 Å². The summed E-state index contributed by atoms with van der Waals surface area (Å²) in [7, 11) is 1.80. The first-order valence-corrected chi connectivity index (χ1v) is 9.13. The minimum atomic E-state index is 0.0222. The number of aryl methyl sites for hydroxylation is 1. The summed E-state index contributed by atoms with van der Waals surface area (Å²) in [5, 5.41) is 10.4. The first-order chi connectivity index (χ1) is 11.6. The molecule has 6 nitrogen and oxygen atoms in total.